The fourth-order valence-corrected chi connectivity index (χ4v) is 6.48. The third-order valence-corrected chi connectivity index (χ3v) is 7.66. The second-order valence-electron chi connectivity index (χ2n) is 9.49. The normalized spacial score (nSPS) is 34.0. The van der Waals surface area contributed by atoms with E-state index in [1.54, 1.807) is 32.0 Å². The van der Waals surface area contributed by atoms with Gasteiger partial charge in [-0.25, -0.2) is 0 Å². The third kappa shape index (κ3) is 3.35. The number of hydrogen-bond donors (Lipinski definition) is 1. The Morgan fingerprint density at radius 3 is 2.77 bits per heavy atom. The minimum atomic E-state index is -2.91. The molecule has 3 fully saturated rings. The number of carbonyl (C=O) groups is 1. The molecule has 1 aliphatic heterocycles. The molecule has 1 heterocycles. The Bertz CT molecular complexity index is 814. The van der Waals surface area contributed by atoms with Gasteiger partial charge >= 0.3 is 6.61 Å². The lowest BCUT2D eigenvalue weighted by atomic mass is 9.59. The second kappa shape index (κ2) is 7.66. The van der Waals surface area contributed by atoms with Crippen LogP contribution in [0, 0.1) is 22.7 Å². The van der Waals surface area contributed by atoms with Crippen molar-refractivity contribution in [1.29, 1.82) is 0 Å². The molecular formula is C23H31F2NO4. The van der Waals surface area contributed by atoms with Crippen LogP contribution in [0.25, 0.3) is 0 Å². The Morgan fingerprint density at radius 2 is 2.10 bits per heavy atom. The van der Waals surface area contributed by atoms with Crippen molar-refractivity contribution in [3.8, 4) is 11.5 Å². The van der Waals surface area contributed by atoms with Crippen LogP contribution in [0.3, 0.4) is 0 Å². The molecule has 1 aromatic rings. The van der Waals surface area contributed by atoms with Gasteiger partial charge in [0.1, 0.15) is 0 Å². The average molecular weight is 424 g/mol. The summed E-state index contributed by atoms with van der Waals surface area (Å²) < 4.78 is 41.9. The van der Waals surface area contributed by atoms with Crippen LogP contribution in [0.2, 0.25) is 0 Å². The van der Waals surface area contributed by atoms with Crippen molar-refractivity contribution in [2.75, 3.05) is 13.2 Å². The highest BCUT2D eigenvalue weighted by Gasteiger charge is 2.68. The number of carbonyl (C=O) groups excluding carboxylic acids is 1. The lowest BCUT2D eigenvalue weighted by molar-refractivity contribution is -0.136. The van der Waals surface area contributed by atoms with Gasteiger partial charge in [0.05, 0.1) is 12.7 Å². The van der Waals surface area contributed by atoms with Crippen molar-refractivity contribution in [2.24, 2.45) is 22.7 Å². The average Bonchev–Trinajstić information content (AvgIpc) is 3.15. The predicted octanol–water partition coefficient (Wildman–Crippen LogP) is 4.71. The number of hydrogen-bond acceptors (Lipinski definition) is 4. The summed E-state index contributed by atoms with van der Waals surface area (Å²) in [5.41, 5.74) is 0.943. The highest BCUT2D eigenvalue weighted by Crippen LogP contribution is 2.70. The van der Waals surface area contributed by atoms with Crippen LogP contribution in [0.5, 0.6) is 11.5 Å². The van der Waals surface area contributed by atoms with Crippen molar-refractivity contribution < 1.29 is 27.8 Å². The van der Waals surface area contributed by atoms with Crippen LogP contribution >= 0.6 is 0 Å². The molecule has 4 rings (SSSR count). The maximum absolute atomic E-state index is 12.8. The Hall–Kier alpha value is -1.89. The summed E-state index contributed by atoms with van der Waals surface area (Å²) in [6.07, 6.45) is 2.88. The minimum Gasteiger partial charge on any atom is -0.490 e. The quantitative estimate of drug-likeness (QED) is 0.720. The first-order chi connectivity index (χ1) is 14.2. The Morgan fingerprint density at radius 1 is 1.33 bits per heavy atom. The lowest BCUT2D eigenvalue weighted by Gasteiger charge is -2.53. The van der Waals surface area contributed by atoms with Crippen molar-refractivity contribution >= 4 is 5.91 Å². The van der Waals surface area contributed by atoms with Gasteiger partial charge in [0.15, 0.2) is 11.5 Å². The number of alkyl halides is 2. The Balaban J connectivity index is 1.67. The molecule has 0 unspecified atom stereocenters. The van der Waals surface area contributed by atoms with E-state index in [1.165, 1.54) is 0 Å². The van der Waals surface area contributed by atoms with Crippen molar-refractivity contribution in [3.05, 3.63) is 23.8 Å². The van der Waals surface area contributed by atoms with Gasteiger partial charge in [0.2, 0.25) is 5.91 Å². The van der Waals surface area contributed by atoms with Gasteiger partial charge in [-0.2, -0.15) is 8.78 Å². The maximum atomic E-state index is 12.8. The molecule has 2 aliphatic carbocycles. The molecule has 1 aromatic carbocycles. The minimum absolute atomic E-state index is 0.00363. The van der Waals surface area contributed by atoms with Crippen molar-refractivity contribution in [2.45, 2.75) is 65.7 Å². The van der Waals surface area contributed by atoms with Gasteiger partial charge in [-0.3, -0.25) is 4.79 Å². The molecular weight excluding hydrogens is 392 g/mol. The number of ether oxygens (including phenoxy) is 3. The molecule has 1 N–H and O–H groups in total. The van der Waals surface area contributed by atoms with E-state index in [0.29, 0.717) is 24.9 Å². The molecule has 1 amide bonds. The van der Waals surface area contributed by atoms with E-state index in [4.69, 9.17) is 9.47 Å². The van der Waals surface area contributed by atoms with Crippen molar-refractivity contribution in [1.82, 2.24) is 5.32 Å². The SMILES string of the molecule is CCOc1cc([C@H]2OCC[C@@]34C[C@@H](C[C@H]23)C(C)(C)[C@@H]4NC(C)=O)ccc1OC(F)F. The van der Waals surface area contributed by atoms with Gasteiger partial charge in [0.25, 0.3) is 0 Å². The van der Waals surface area contributed by atoms with Gasteiger partial charge < -0.3 is 19.5 Å². The van der Waals surface area contributed by atoms with E-state index in [0.717, 1.165) is 24.8 Å². The molecule has 5 nitrogen and oxygen atoms in total. The summed E-state index contributed by atoms with van der Waals surface area (Å²) in [5.74, 6) is 1.12. The van der Waals surface area contributed by atoms with Crippen LogP contribution in [0.1, 0.15) is 58.6 Å². The first-order valence-corrected chi connectivity index (χ1v) is 10.8. The van der Waals surface area contributed by atoms with Crippen LogP contribution < -0.4 is 14.8 Å². The summed E-state index contributed by atoms with van der Waals surface area (Å²) in [4.78, 5) is 12.0. The summed E-state index contributed by atoms with van der Waals surface area (Å²) in [6, 6.07) is 5.22. The second-order valence-corrected chi connectivity index (χ2v) is 9.49. The molecule has 2 bridgehead atoms. The zero-order valence-corrected chi connectivity index (χ0v) is 18.0. The third-order valence-electron chi connectivity index (χ3n) is 7.66. The van der Waals surface area contributed by atoms with Crippen LogP contribution in [0.4, 0.5) is 8.78 Å². The number of rotatable bonds is 6. The zero-order valence-electron chi connectivity index (χ0n) is 18.0. The van der Waals surface area contributed by atoms with E-state index < -0.39 is 6.61 Å². The van der Waals surface area contributed by atoms with Crippen LogP contribution in [-0.2, 0) is 9.53 Å². The monoisotopic (exact) mass is 423 g/mol. The van der Waals surface area contributed by atoms with Crippen LogP contribution in [0.15, 0.2) is 18.2 Å². The van der Waals surface area contributed by atoms with Crippen LogP contribution in [-0.4, -0.2) is 31.8 Å². The standard InChI is InChI=1S/C23H31F2NO4/c1-5-28-18-10-14(6-7-17(18)30-21(24)25)19-16-11-15-12-23(16,8-9-29-19)20(22(15,3)4)26-13(2)27/h6-7,10,15-16,19-21H,5,8-9,11-12H2,1-4H3,(H,26,27)/t15-,16-,19-,20+,23-/m1/s1. The van der Waals surface area contributed by atoms with Gasteiger partial charge in [-0.05, 0) is 66.5 Å². The molecule has 30 heavy (non-hydrogen) atoms. The van der Waals surface area contributed by atoms with Crippen molar-refractivity contribution in [3.63, 3.8) is 0 Å². The topological polar surface area (TPSA) is 56.8 Å². The van der Waals surface area contributed by atoms with Gasteiger partial charge in [-0.1, -0.05) is 19.9 Å². The molecule has 7 heteroatoms. The lowest BCUT2D eigenvalue weighted by Crippen LogP contribution is -2.58. The summed E-state index contributed by atoms with van der Waals surface area (Å²) in [7, 11) is 0. The van der Waals surface area contributed by atoms with E-state index in [9.17, 15) is 13.6 Å². The summed E-state index contributed by atoms with van der Waals surface area (Å²) in [5, 5.41) is 3.27. The number of halogens is 2. The molecule has 0 aromatic heterocycles. The maximum Gasteiger partial charge on any atom is 0.387 e. The van der Waals surface area contributed by atoms with Gasteiger partial charge in [0, 0.05) is 19.6 Å². The van der Waals surface area contributed by atoms with E-state index >= 15 is 0 Å². The number of nitrogens with one attached hydrogen (secondary N) is 1. The van der Waals surface area contributed by atoms with E-state index in [1.807, 2.05) is 0 Å². The number of benzene rings is 1. The molecule has 0 radical (unpaired) electrons. The molecule has 166 valence electrons. The number of fused-ring (bicyclic) bond motifs is 1. The molecule has 5 atom stereocenters. The molecule has 3 aliphatic rings. The zero-order chi connectivity index (χ0) is 21.7. The highest BCUT2D eigenvalue weighted by atomic mass is 19.3. The van der Waals surface area contributed by atoms with E-state index in [-0.39, 0.29) is 40.6 Å². The van der Waals surface area contributed by atoms with E-state index in [2.05, 4.69) is 23.9 Å². The Kier molecular flexibility index (Phi) is 5.45. The smallest absolute Gasteiger partial charge is 0.387 e. The van der Waals surface area contributed by atoms with Gasteiger partial charge in [-0.15, -0.1) is 0 Å². The summed E-state index contributed by atoms with van der Waals surface area (Å²) >= 11 is 0. The fraction of sp³-hybridized carbons (Fsp3) is 0.696. The Labute approximate surface area is 176 Å². The summed E-state index contributed by atoms with van der Waals surface area (Å²) in [6.45, 7) is 5.97. The largest absolute Gasteiger partial charge is 0.490 e. The predicted molar refractivity (Wildman–Crippen MR) is 108 cm³/mol. The first-order valence-electron chi connectivity index (χ1n) is 10.8. The molecule has 2 saturated carbocycles. The highest BCUT2D eigenvalue weighted by molar-refractivity contribution is 5.73. The number of amides is 1. The first kappa shape index (κ1) is 21.3. The molecule has 1 spiro atoms. The fourth-order valence-electron chi connectivity index (χ4n) is 6.48. The molecule has 1 saturated heterocycles.